The quantitative estimate of drug-likeness (QED) is 0.456. The van der Waals surface area contributed by atoms with E-state index >= 15 is 0 Å². The Morgan fingerprint density at radius 2 is 1.64 bits per heavy atom. The molecule has 198 valence electrons. The minimum Gasteiger partial charge on any atom is -0.378 e. The molecule has 1 aromatic carbocycles. The fraction of sp³-hybridized carbons (Fsp3) is 0.542. The van der Waals surface area contributed by atoms with Gasteiger partial charge in [-0.2, -0.15) is 4.98 Å². The van der Waals surface area contributed by atoms with Crippen molar-refractivity contribution in [1.82, 2.24) is 20.4 Å². The van der Waals surface area contributed by atoms with E-state index < -0.39 is 39.2 Å². The molecule has 0 saturated carbocycles. The average Bonchev–Trinajstić information content (AvgIpc) is 3.37. The number of Topliss-reactive ketones (excluding diaryl/α,β-unsaturated/α-hetero) is 1. The standard InChI is InChI=1S/C18H28N4O7S.C6H6/c1-4-13(16(24)17-20-14(5-2)29-21-17)19-18(25)12(11-30(3,26)27)10-15(23)22-6-8-28-9-7-22;1-2-4-6-5-3-1/h12-13H,4-11H2,1-3H3,(H,19,25);1-6H/t12?,13-;/m0./s1. The van der Waals surface area contributed by atoms with Gasteiger partial charge < -0.3 is 19.5 Å². The van der Waals surface area contributed by atoms with E-state index in [1.807, 2.05) is 36.4 Å². The van der Waals surface area contributed by atoms with Crippen molar-refractivity contribution in [2.45, 2.75) is 39.2 Å². The van der Waals surface area contributed by atoms with Crippen LogP contribution in [-0.4, -0.2) is 85.4 Å². The van der Waals surface area contributed by atoms with Gasteiger partial charge in [0, 0.05) is 32.2 Å². The van der Waals surface area contributed by atoms with Crippen molar-refractivity contribution in [2.75, 3.05) is 38.3 Å². The number of carbonyl (C=O) groups is 3. The minimum absolute atomic E-state index is 0.150. The largest absolute Gasteiger partial charge is 0.378 e. The van der Waals surface area contributed by atoms with Gasteiger partial charge in [0.1, 0.15) is 9.84 Å². The lowest BCUT2D eigenvalue weighted by molar-refractivity contribution is -0.139. The Morgan fingerprint density at radius 1 is 1.06 bits per heavy atom. The lowest BCUT2D eigenvalue weighted by Gasteiger charge is -2.28. The van der Waals surface area contributed by atoms with Gasteiger partial charge in [0.2, 0.25) is 29.3 Å². The zero-order chi connectivity index (χ0) is 26.6. The van der Waals surface area contributed by atoms with Crippen LogP contribution in [0.1, 0.15) is 43.2 Å². The van der Waals surface area contributed by atoms with Gasteiger partial charge in [-0.15, -0.1) is 0 Å². The molecule has 0 spiro atoms. The summed E-state index contributed by atoms with van der Waals surface area (Å²) in [4.78, 5) is 43.5. The monoisotopic (exact) mass is 522 g/mol. The predicted molar refractivity (Wildman–Crippen MR) is 132 cm³/mol. The van der Waals surface area contributed by atoms with E-state index in [0.29, 0.717) is 38.6 Å². The average molecular weight is 523 g/mol. The first-order valence-electron chi connectivity index (χ1n) is 11.8. The summed E-state index contributed by atoms with van der Waals surface area (Å²) >= 11 is 0. The number of ketones is 1. The van der Waals surface area contributed by atoms with E-state index in [2.05, 4.69) is 15.5 Å². The number of rotatable bonds is 10. The minimum atomic E-state index is -3.54. The molecule has 0 aliphatic carbocycles. The Morgan fingerprint density at radius 3 is 2.11 bits per heavy atom. The summed E-state index contributed by atoms with van der Waals surface area (Å²) < 4.78 is 33.8. The molecule has 2 heterocycles. The first-order valence-corrected chi connectivity index (χ1v) is 13.9. The predicted octanol–water partition coefficient (Wildman–Crippen LogP) is 1.31. The molecule has 2 amide bonds. The second-order valence-corrected chi connectivity index (χ2v) is 10.5. The Hall–Kier alpha value is -3.12. The summed E-state index contributed by atoms with van der Waals surface area (Å²) in [5.41, 5.74) is 0. The van der Waals surface area contributed by atoms with E-state index in [9.17, 15) is 22.8 Å². The molecule has 1 fully saturated rings. The fourth-order valence-corrected chi connectivity index (χ4v) is 4.43. The molecule has 0 radical (unpaired) electrons. The number of nitrogens with zero attached hydrogens (tertiary/aromatic N) is 3. The van der Waals surface area contributed by atoms with Gasteiger partial charge in [-0.3, -0.25) is 14.4 Å². The maximum atomic E-state index is 12.8. The number of benzene rings is 1. The maximum Gasteiger partial charge on any atom is 0.240 e. The molecule has 1 aliphatic heterocycles. The second-order valence-electron chi connectivity index (χ2n) is 8.34. The Balaban J connectivity index is 0.000000662. The maximum absolute atomic E-state index is 12.8. The first kappa shape index (κ1) is 29.1. The van der Waals surface area contributed by atoms with Gasteiger partial charge in [-0.1, -0.05) is 55.4 Å². The zero-order valence-electron chi connectivity index (χ0n) is 20.9. The number of ether oxygens (including phenoxy) is 1. The lowest BCUT2D eigenvalue weighted by Crippen LogP contribution is -2.47. The van der Waals surface area contributed by atoms with Crippen LogP contribution in [-0.2, 0) is 30.6 Å². The van der Waals surface area contributed by atoms with Crippen LogP contribution in [0.3, 0.4) is 0 Å². The number of amides is 2. The summed E-state index contributed by atoms with van der Waals surface area (Å²) in [5, 5.41) is 6.17. The lowest BCUT2D eigenvalue weighted by atomic mass is 10.0. The van der Waals surface area contributed by atoms with Crippen molar-refractivity contribution in [3.05, 3.63) is 48.1 Å². The van der Waals surface area contributed by atoms with E-state index in [1.54, 1.807) is 18.7 Å². The zero-order valence-corrected chi connectivity index (χ0v) is 21.7. The van der Waals surface area contributed by atoms with Crippen LogP contribution in [0.4, 0.5) is 0 Å². The third-order valence-electron chi connectivity index (χ3n) is 5.36. The SMILES string of the molecule is CCc1nc(C(=O)[C@H](CC)NC(=O)C(CC(=O)N2CCOCC2)CS(C)(=O)=O)no1.c1ccccc1. The third-order valence-corrected chi connectivity index (χ3v) is 6.37. The Labute approximate surface area is 211 Å². The van der Waals surface area contributed by atoms with Crippen LogP contribution in [0.25, 0.3) is 0 Å². The molecule has 1 saturated heterocycles. The molecule has 2 atom stereocenters. The van der Waals surface area contributed by atoms with Gasteiger partial charge in [0.05, 0.1) is 30.9 Å². The van der Waals surface area contributed by atoms with E-state index in [-0.39, 0.29) is 24.6 Å². The molecule has 36 heavy (non-hydrogen) atoms. The van der Waals surface area contributed by atoms with Crippen LogP contribution in [0.2, 0.25) is 0 Å². The molecule has 1 N–H and O–H groups in total. The van der Waals surface area contributed by atoms with Crippen molar-refractivity contribution in [3.8, 4) is 0 Å². The number of aryl methyl sites for hydroxylation is 1. The van der Waals surface area contributed by atoms with Gasteiger partial charge >= 0.3 is 0 Å². The topological polar surface area (TPSA) is 149 Å². The first-order chi connectivity index (χ1) is 17.1. The summed E-state index contributed by atoms with van der Waals surface area (Å²) in [7, 11) is -3.54. The van der Waals surface area contributed by atoms with Gasteiger partial charge in [-0.05, 0) is 6.42 Å². The van der Waals surface area contributed by atoms with Crippen LogP contribution in [0, 0.1) is 5.92 Å². The molecular weight excluding hydrogens is 488 g/mol. The van der Waals surface area contributed by atoms with Crippen molar-refractivity contribution in [1.29, 1.82) is 0 Å². The molecule has 1 aliphatic rings. The summed E-state index contributed by atoms with van der Waals surface area (Å²) in [5.74, 6) is -3.01. The summed E-state index contributed by atoms with van der Waals surface area (Å²) in [6.07, 6.45) is 1.43. The van der Waals surface area contributed by atoms with Gasteiger partial charge in [-0.25, -0.2) is 8.42 Å². The van der Waals surface area contributed by atoms with Crippen molar-refractivity contribution in [2.24, 2.45) is 5.92 Å². The van der Waals surface area contributed by atoms with Crippen LogP contribution < -0.4 is 5.32 Å². The molecule has 0 bridgehead atoms. The highest BCUT2D eigenvalue weighted by Crippen LogP contribution is 2.13. The Kier molecular flexibility index (Phi) is 11.7. The molecule has 3 rings (SSSR count). The second kappa shape index (κ2) is 14.4. The molecule has 12 heteroatoms. The molecule has 11 nitrogen and oxygen atoms in total. The number of morpholine rings is 1. The van der Waals surface area contributed by atoms with Crippen LogP contribution in [0.5, 0.6) is 0 Å². The highest BCUT2D eigenvalue weighted by Gasteiger charge is 2.32. The number of hydrogen-bond donors (Lipinski definition) is 1. The molecule has 1 aromatic heterocycles. The van der Waals surface area contributed by atoms with Gasteiger partial charge in [0.15, 0.2) is 0 Å². The molecule has 2 aromatic rings. The van der Waals surface area contributed by atoms with Gasteiger partial charge in [0.25, 0.3) is 0 Å². The van der Waals surface area contributed by atoms with Crippen molar-refractivity contribution in [3.63, 3.8) is 0 Å². The van der Waals surface area contributed by atoms with Crippen LogP contribution >= 0.6 is 0 Å². The summed E-state index contributed by atoms with van der Waals surface area (Å²) in [6, 6.07) is 11.0. The molecular formula is C24H34N4O7S. The Bertz CT molecular complexity index is 1060. The smallest absolute Gasteiger partial charge is 0.240 e. The van der Waals surface area contributed by atoms with E-state index in [1.165, 1.54) is 0 Å². The van der Waals surface area contributed by atoms with Crippen molar-refractivity contribution >= 4 is 27.4 Å². The normalized spacial score (nSPS) is 15.2. The van der Waals surface area contributed by atoms with E-state index in [0.717, 1.165) is 6.26 Å². The number of sulfone groups is 1. The summed E-state index contributed by atoms with van der Waals surface area (Å²) in [6.45, 7) is 5.05. The third kappa shape index (κ3) is 9.86. The molecule has 1 unspecified atom stereocenters. The number of aromatic nitrogens is 2. The highest BCUT2D eigenvalue weighted by molar-refractivity contribution is 7.90. The number of nitrogens with one attached hydrogen (secondary N) is 1. The highest BCUT2D eigenvalue weighted by atomic mass is 32.2. The van der Waals surface area contributed by atoms with Crippen molar-refractivity contribution < 1.29 is 32.1 Å². The number of carbonyl (C=O) groups excluding carboxylic acids is 3. The van der Waals surface area contributed by atoms with E-state index in [4.69, 9.17) is 9.26 Å². The number of hydrogen-bond acceptors (Lipinski definition) is 9. The van der Waals surface area contributed by atoms with Crippen LogP contribution in [0.15, 0.2) is 40.9 Å². The fourth-order valence-electron chi connectivity index (χ4n) is 3.43.